The van der Waals surface area contributed by atoms with Crippen molar-refractivity contribution in [1.82, 2.24) is 24.4 Å². The first-order chi connectivity index (χ1) is 20.8. The van der Waals surface area contributed by atoms with Crippen LogP contribution >= 0.6 is 11.6 Å². The van der Waals surface area contributed by atoms with E-state index in [0.717, 1.165) is 12.1 Å². The average molecular weight is 643 g/mol. The summed E-state index contributed by atoms with van der Waals surface area (Å²) in [6.45, 7) is 7.66. The van der Waals surface area contributed by atoms with Gasteiger partial charge in [-0.3, -0.25) is 4.90 Å². The molecule has 2 aliphatic heterocycles. The van der Waals surface area contributed by atoms with Crippen LogP contribution in [0.1, 0.15) is 62.5 Å². The van der Waals surface area contributed by atoms with Gasteiger partial charge in [-0.2, -0.15) is 23.1 Å². The van der Waals surface area contributed by atoms with Crippen LogP contribution < -0.4 is 4.90 Å². The fourth-order valence-electron chi connectivity index (χ4n) is 7.08. The molecular weight excluding hydrogens is 607 g/mol. The number of anilines is 1. The van der Waals surface area contributed by atoms with Gasteiger partial charge in [0, 0.05) is 50.7 Å². The molecule has 44 heavy (non-hydrogen) atoms. The molecule has 1 saturated carbocycles. The van der Waals surface area contributed by atoms with Crippen LogP contribution in [0.2, 0.25) is 5.28 Å². The van der Waals surface area contributed by atoms with E-state index in [9.17, 15) is 27.1 Å². The van der Waals surface area contributed by atoms with Gasteiger partial charge >= 0.3 is 6.18 Å². The summed E-state index contributed by atoms with van der Waals surface area (Å²) in [6.07, 6.45) is -4.83. The Bertz CT molecular complexity index is 1490. The highest BCUT2D eigenvalue weighted by Gasteiger charge is 2.52. The number of hydrogen-bond acceptors (Lipinski definition) is 7. The van der Waals surface area contributed by atoms with Crippen LogP contribution in [0.25, 0.3) is 11.2 Å². The standard InChI is InChI=1S/C30H36ClF5N6O2/c1-4-21-14-40(26-24-27(39-28(31)38-26)41(17(3)37-24)15-23-22(43)9-10-44-23)16(2)13-42(21)25(19-11-29(32,33)12-19)18-5-7-20(8-6-18)30(34,35)36/h5-8,16,19,21-23,25,43H,4,9-15H2,1-3H3/t16-,21+,22-,23+,25?/m0/s1. The first-order valence-electron chi connectivity index (χ1n) is 15.0. The maximum Gasteiger partial charge on any atom is 0.416 e. The van der Waals surface area contributed by atoms with Crippen molar-refractivity contribution < 1.29 is 31.8 Å². The number of fused-ring (bicyclic) bond motifs is 1. The lowest BCUT2D eigenvalue weighted by molar-refractivity contribution is -0.138. The van der Waals surface area contributed by atoms with Gasteiger partial charge in [0.1, 0.15) is 11.9 Å². The quantitative estimate of drug-likeness (QED) is 0.249. The molecule has 3 aliphatic rings. The molecule has 3 fully saturated rings. The van der Waals surface area contributed by atoms with Gasteiger partial charge in [0.15, 0.2) is 17.0 Å². The molecular formula is C30H36ClF5N6O2. The number of rotatable bonds is 7. The number of imidazole rings is 1. The molecule has 2 aromatic heterocycles. The Hall–Kier alpha value is -2.61. The molecule has 14 heteroatoms. The van der Waals surface area contributed by atoms with Crippen molar-refractivity contribution in [3.8, 4) is 0 Å². The van der Waals surface area contributed by atoms with Crippen LogP contribution in [-0.2, 0) is 17.5 Å². The predicted molar refractivity (Wildman–Crippen MR) is 155 cm³/mol. The number of halogens is 6. The van der Waals surface area contributed by atoms with E-state index in [2.05, 4.69) is 19.8 Å². The third-order valence-electron chi connectivity index (χ3n) is 9.41. The molecule has 6 rings (SSSR count). The Balaban J connectivity index is 1.32. The van der Waals surface area contributed by atoms with Gasteiger partial charge in [0.05, 0.1) is 18.2 Å². The van der Waals surface area contributed by atoms with Crippen molar-refractivity contribution in [2.45, 2.75) is 95.4 Å². The van der Waals surface area contributed by atoms with Crippen LogP contribution in [0.5, 0.6) is 0 Å². The van der Waals surface area contributed by atoms with E-state index in [0.29, 0.717) is 67.5 Å². The van der Waals surface area contributed by atoms with Crippen molar-refractivity contribution in [3.05, 3.63) is 46.5 Å². The summed E-state index contributed by atoms with van der Waals surface area (Å²) < 4.78 is 75.8. The van der Waals surface area contributed by atoms with Crippen molar-refractivity contribution in [2.24, 2.45) is 5.92 Å². The van der Waals surface area contributed by atoms with Crippen LogP contribution in [-0.4, -0.2) is 79.4 Å². The van der Waals surface area contributed by atoms with E-state index >= 15 is 0 Å². The van der Waals surface area contributed by atoms with Crippen molar-refractivity contribution in [1.29, 1.82) is 0 Å². The first kappa shape index (κ1) is 31.4. The zero-order chi connectivity index (χ0) is 31.6. The Labute approximate surface area is 257 Å². The van der Waals surface area contributed by atoms with Gasteiger partial charge < -0.3 is 19.3 Å². The highest BCUT2D eigenvalue weighted by atomic mass is 35.5. The zero-order valence-electron chi connectivity index (χ0n) is 24.7. The molecule has 5 atom stereocenters. The lowest BCUT2D eigenvalue weighted by Crippen LogP contribution is -2.60. The second-order valence-electron chi connectivity index (χ2n) is 12.4. The summed E-state index contributed by atoms with van der Waals surface area (Å²) in [4.78, 5) is 18.1. The molecule has 1 N–H and O–H groups in total. The fourth-order valence-corrected chi connectivity index (χ4v) is 7.24. The number of piperazine rings is 1. The Kier molecular flexibility index (Phi) is 8.30. The molecule has 0 bridgehead atoms. The zero-order valence-corrected chi connectivity index (χ0v) is 25.5. The van der Waals surface area contributed by atoms with Crippen molar-refractivity contribution in [3.63, 3.8) is 0 Å². The minimum atomic E-state index is -4.48. The van der Waals surface area contributed by atoms with Crippen LogP contribution in [0.15, 0.2) is 24.3 Å². The van der Waals surface area contributed by atoms with E-state index in [1.165, 1.54) is 12.1 Å². The summed E-state index contributed by atoms with van der Waals surface area (Å²) in [6, 6.07) is 4.21. The van der Waals surface area contributed by atoms with Crippen LogP contribution in [0.3, 0.4) is 0 Å². The number of aryl methyl sites for hydroxylation is 1. The Morgan fingerprint density at radius 1 is 1.11 bits per heavy atom. The monoisotopic (exact) mass is 642 g/mol. The number of aliphatic hydroxyl groups is 1. The Morgan fingerprint density at radius 2 is 1.82 bits per heavy atom. The molecule has 2 saturated heterocycles. The normalized spacial score (nSPS) is 27.2. The SMILES string of the molecule is CC[C@@H]1CN(c2nc(Cl)nc3c2nc(C)n3C[C@H]2OCC[C@@H]2O)[C@@H](C)CN1C(c1ccc(C(F)(F)F)cc1)C1CC(F)(F)C1. The minimum absolute atomic E-state index is 0.0450. The van der Waals surface area contributed by atoms with Gasteiger partial charge in [-0.15, -0.1) is 0 Å². The molecule has 4 heterocycles. The molecule has 1 unspecified atom stereocenters. The van der Waals surface area contributed by atoms with Gasteiger partial charge in [-0.25, -0.2) is 13.8 Å². The number of aromatic nitrogens is 4. The van der Waals surface area contributed by atoms with Gasteiger partial charge in [0.2, 0.25) is 11.2 Å². The predicted octanol–water partition coefficient (Wildman–Crippen LogP) is 6.03. The summed E-state index contributed by atoms with van der Waals surface area (Å²) >= 11 is 6.45. The third kappa shape index (κ3) is 5.88. The Morgan fingerprint density at radius 3 is 2.41 bits per heavy atom. The topological polar surface area (TPSA) is 79.5 Å². The lowest BCUT2D eigenvalue weighted by atomic mass is 9.72. The largest absolute Gasteiger partial charge is 0.416 e. The highest BCUT2D eigenvalue weighted by Crippen LogP contribution is 2.51. The maximum atomic E-state index is 14.1. The van der Waals surface area contributed by atoms with E-state index in [1.807, 2.05) is 25.3 Å². The highest BCUT2D eigenvalue weighted by molar-refractivity contribution is 6.28. The fraction of sp³-hybridized carbons (Fsp3) is 0.633. The van der Waals surface area contributed by atoms with Crippen LogP contribution in [0.4, 0.5) is 27.8 Å². The number of alkyl halides is 5. The summed E-state index contributed by atoms with van der Waals surface area (Å²) in [5.41, 5.74) is 0.933. The van der Waals surface area contributed by atoms with E-state index in [1.54, 1.807) is 0 Å². The number of nitrogens with zero attached hydrogens (tertiary/aromatic N) is 6. The van der Waals surface area contributed by atoms with E-state index < -0.39 is 35.9 Å². The lowest BCUT2D eigenvalue weighted by Gasteiger charge is -2.53. The number of hydrogen-bond donors (Lipinski definition) is 1. The molecule has 0 amide bonds. The molecule has 1 aliphatic carbocycles. The molecule has 240 valence electrons. The van der Waals surface area contributed by atoms with Crippen LogP contribution in [0, 0.1) is 12.8 Å². The van der Waals surface area contributed by atoms with Gasteiger partial charge in [-0.05, 0) is 61.9 Å². The molecule has 0 spiro atoms. The summed E-state index contributed by atoms with van der Waals surface area (Å²) in [7, 11) is 0. The van der Waals surface area contributed by atoms with Gasteiger partial charge in [-0.1, -0.05) is 19.1 Å². The second kappa shape index (κ2) is 11.6. The average Bonchev–Trinajstić information content (AvgIpc) is 3.49. The summed E-state index contributed by atoms with van der Waals surface area (Å²) in [5.74, 6) is -1.93. The molecule has 3 aromatic rings. The van der Waals surface area contributed by atoms with Gasteiger partial charge in [0.25, 0.3) is 0 Å². The minimum Gasteiger partial charge on any atom is -0.390 e. The van der Waals surface area contributed by atoms with Crippen molar-refractivity contribution in [2.75, 3.05) is 24.6 Å². The number of ether oxygens (including phenoxy) is 1. The maximum absolute atomic E-state index is 14.1. The summed E-state index contributed by atoms with van der Waals surface area (Å²) in [5, 5.41) is 10.4. The molecule has 8 nitrogen and oxygen atoms in total. The number of benzene rings is 1. The van der Waals surface area contributed by atoms with Crippen molar-refractivity contribution >= 4 is 28.6 Å². The molecule has 0 radical (unpaired) electrons. The first-order valence-corrected chi connectivity index (χ1v) is 15.4. The second-order valence-corrected chi connectivity index (χ2v) is 12.7. The molecule has 1 aromatic carbocycles. The van der Waals surface area contributed by atoms with E-state index in [-0.39, 0.29) is 36.1 Å². The number of aliphatic hydroxyl groups excluding tert-OH is 1. The smallest absolute Gasteiger partial charge is 0.390 e. The third-order valence-corrected chi connectivity index (χ3v) is 9.58. The van der Waals surface area contributed by atoms with E-state index in [4.69, 9.17) is 21.3 Å².